The van der Waals surface area contributed by atoms with Gasteiger partial charge in [-0.2, -0.15) is 10.2 Å². The second kappa shape index (κ2) is 15.8. The van der Waals surface area contributed by atoms with Crippen LogP contribution in [0.25, 0.3) is 16.6 Å². The molecular formula is C40H49F2N12O3+. The van der Waals surface area contributed by atoms with Crippen molar-refractivity contribution in [2.45, 2.75) is 69.8 Å². The molecule has 1 aliphatic carbocycles. The third kappa shape index (κ3) is 7.89. The largest absolute Gasteiger partial charge is 0.371 e. The zero-order valence-electron chi connectivity index (χ0n) is 32.7. The quantitative estimate of drug-likeness (QED) is 0.181. The van der Waals surface area contributed by atoms with Crippen LogP contribution < -0.4 is 20.4 Å². The Hall–Kier alpha value is -5.58. The first-order valence-electron chi connectivity index (χ1n) is 19.7. The van der Waals surface area contributed by atoms with Gasteiger partial charge in [-0.3, -0.25) is 24.4 Å². The van der Waals surface area contributed by atoms with Gasteiger partial charge in [0.1, 0.15) is 17.1 Å². The number of imide groups is 1. The summed E-state index contributed by atoms with van der Waals surface area (Å²) in [5.41, 5.74) is 2.84. The average molecular weight is 784 g/mol. The van der Waals surface area contributed by atoms with Crippen molar-refractivity contribution in [1.29, 1.82) is 0 Å². The molecule has 0 bridgehead atoms. The molecule has 3 aromatic heterocycles. The number of carbonyl (C=O) groups excluding carboxylic acids is 3. The average Bonchev–Trinajstić information content (AvgIpc) is 3.90. The van der Waals surface area contributed by atoms with Crippen molar-refractivity contribution in [3.63, 3.8) is 0 Å². The molecule has 1 atom stereocenters. The first kappa shape index (κ1) is 38.3. The monoisotopic (exact) mass is 783 g/mol. The number of piperidine rings is 2. The second-order valence-electron chi connectivity index (χ2n) is 16.0. The molecule has 0 radical (unpaired) electrons. The fourth-order valence-electron chi connectivity index (χ4n) is 8.74. The van der Waals surface area contributed by atoms with Crippen molar-refractivity contribution in [2.75, 3.05) is 50.6 Å². The maximum atomic E-state index is 14.1. The minimum atomic E-state index is -2.86. The molecule has 300 valence electrons. The molecule has 1 aromatic carbocycles. The molecular weight excluding hydrogens is 735 g/mol. The number of hydrazone groups is 1. The Kier molecular flexibility index (Phi) is 10.6. The Morgan fingerprint density at radius 1 is 1.07 bits per heavy atom. The van der Waals surface area contributed by atoms with Gasteiger partial charge in [-0.05, 0) is 82.2 Å². The van der Waals surface area contributed by atoms with Gasteiger partial charge >= 0.3 is 0 Å². The lowest BCUT2D eigenvalue weighted by Crippen LogP contribution is -2.45. The van der Waals surface area contributed by atoms with Crippen molar-refractivity contribution in [3.8, 4) is 0 Å². The van der Waals surface area contributed by atoms with E-state index in [-0.39, 0.29) is 29.0 Å². The predicted octanol–water partition coefficient (Wildman–Crippen LogP) is 3.90. The van der Waals surface area contributed by atoms with E-state index in [1.165, 1.54) is 21.6 Å². The number of alkyl halides is 2. The molecule has 2 N–H and O–H groups in total. The summed E-state index contributed by atoms with van der Waals surface area (Å²) in [4.78, 5) is 48.7. The maximum absolute atomic E-state index is 14.1. The Balaban J connectivity index is 0.831. The summed E-state index contributed by atoms with van der Waals surface area (Å²) in [6, 6.07) is 8.60. The molecule has 3 amide bonds. The van der Waals surface area contributed by atoms with E-state index in [2.05, 4.69) is 60.9 Å². The lowest BCUT2D eigenvalue weighted by atomic mass is 9.82. The zero-order valence-corrected chi connectivity index (χ0v) is 32.7. The topological polar surface area (TPSA) is 148 Å². The number of aromatic nitrogens is 5. The summed E-state index contributed by atoms with van der Waals surface area (Å²) < 4.78 is 32.9. The number of carbonyl (C=O) groups is 3. The molecule has 3 fully saturated rings. The van der Waals surface area contributed by atoms with E-state index in [0.717, 1.165) is 80.4 Å². The van der Waals surface area contributed by atoms with Crippen LogP contribution in [0.2, 0.25) is 0 Å². The van der Waals surface area contributed by atoms with Crippen LogP contribution in [0.1, 0.15) is 73.3 Å². The van der Waals surface area contributed by atoms with E-state index in [9.17, 15) is 23.2 Å². The van der Waals surface area contributed by atoms with Crippen molar-refractivity contribution in [3.05, 3.63) is 59.8 Å². The highest BCUT2D eigenvalue weighted by molar-refractivity contribution is 6.09. The van der Waals surface area contributed by atoms with Gasteiger partial charge in [-0.1, -0.05) is 4.68 Å². The Labute approximate surface area is 329 Å². The van der Waals surface area contributed by atoms with E-state index in [1.807, 2.05) is 32.0 Å². The number of halogens is 2. The predicted molar refractivity (Wildman–Crippen MR) is 212 cm³/mol. The number of amides is 3. The van der Waals surface area contributed by atoms with E-state index in [0.29, 0.717) is 36.3 Å². The molecule has 6 heterocycles. The Bertz CT molecular complexity index is 2300. The molecule has 15 nitrogen and oxygen atoms in total. The highest BCUT2D eigenvalue weighted by Crippen LogP contribution is 2.34. The highest BCUT2D eigenvalue weighted by atomic mass is 19.3. The third-order valence-corrected chi connectivity index (χ3v) is 12.0. The number of fused-ring (bicyclic) bond motifs is 2. The first-order valence-corrected chi connectivity index (χ1v) is 19.7. The van der Waals surface area contributed by atoms with Crippen LogP contribution in [0.5, 0.6) is 0 Å². The zero-order chi connectivity index (χ0) is 40.0. The number of hydrogen-bond acceptors (Lipinski definition) is 10. The minimum Gasteiger partial charge on any atom is -0.371 e. The molecule has 3 aliphatic heterocycles. The van der Waals surface area contributed by atoms with Crippen molar-refractivity contribution < 1.29 is 27.8 Å². The SMILES string of the molecule is CN(C)c1ccn2ncc(C(=O)NC3=C/[N+](=C\C4CCC(CN(C)C5CCN(c6ccc7c(C8CCC(=O)NC8=O)nn(C)c7c6)CC5)CC4)N=C3C(F)F)c2n1. The lowest BCUT2D eigenvalue weighted by molar-refractivity contribution is -0.456. The lowest BCUT2D eigenvalue weighted by Gasteiger charge is -2.39. The Morgan fingerprint density at radius 2 is 1.84 bits per heavy atom. The molecule has 1 unspecified atom stereocenters. The van der Waals surface area contributed by atoms with Crippen LogP contribution in [0.4, 0.5) is 20.3 Å². The van der Waals surface area contributed by atoms with Gasteiger partial charge < -0.3 is 20.0 Å². The molecule has 57 heavy (non-hydrogen) atoms. The van der Waals surface area contributed by atoms with E-state index < -0.39 is 24.0 Å². The van der Waals surface area contributed by atoms with Crippen molar-refractivity contribution in [2.24, 2.45) is 24.0 Å². The highest BCUT2D eigenvalue weighted by Gasteiger charge is 2.35. The van der Waals surface area contributed by atoms with Gasteiger partial charge in [-0.15, -0.1) is 0 Å². The van der Waals surface area contributed by atoms with Gasteiger partial charge in [0, 0.05) is 81.5 Å². The summed E-state index contributed by atoms with van der Waals surface area (Å²) in [6.07, 6.45) is 10.4. The minimum absolute atomic E-state index is 0.0350. The van der Waals surface area contributed by atoms with Crippen LogP contribution in [0.15, 0.2) is 53.7 Å². The van der Waals surface area contributed by atoms with Gasteiger partial charge in [0.25, 0.3) is 12.3 Å². The standard InChI is InChI=1S/C40H48F2N12O3/c1-49(2)33-15-18-54-38(45-33)30(20-43-54)40(57)44-31-23-53(48-36(31)37(41)42)22-25-7-5-24(6-8-25)21-50(3)26-13-16-52(17-14-26)27-9-10-28-32(19-27)51(4)47-35(28)29-11-12-34(55)46-39(29)56/h9-10,15,18-20,22-26,29,37H,5-8,11-14,16-17,21H2,1-4H3,(H-,44,46,55,56,57)/p+1/b53-22+. The van der Waals surface area contributed by atoms with Crippen LogP contribution in [0, 0.1) is 11.8 Å². The van der Waals surface area contributed by atoms with Crippen LogP contribution in [0.3, 0.4) is 0 Å². The van der Waals surface area contributed by atoms with Gasteiger partial charge in [0.2, 0.25) is 23.7 Å². The number of anilines is 2. The van der Waals surface area contributed by atoms with E-state index >= 15 is 0 Å². The fourth-order valence-corrected chi connectivity index (χ4v) is 8.74. The van der Waals surface area contributed by atoms with Gasteiger partial charge in [-0.25, -0.2) is 18.3 Å². The van der Waals surface area contributed by atoms with Crippen LogP contribution in [-0.2, 0) is 16.6 Å². The number of aryl methyl sites for hydroxylation is 1. The van der Waals surface area contributed by atoms with Crippen molar-refractivity contribution >= 4 is 57.7 Å². The summed E-state index contributed by atoms with van der Waals surface area (Å²) >= 11 is 0. The van der Waals surface area contributed by atoms with Crippen LogP contribution >= 0.6 is 0 Å². The van der Waals surface area contributed by atoms with Gasteiger partial charge in [0.05, 0.1) is 23.3 Å². The fraction of sp³-hybridized carbons (Fsp3) is 0.500. The summed E-state index contributed by atoms with van der Waals surface area (Å²) in [5, 5.41) is 19.1. The number of benzene rings is 1. The molecule has 17 heteroatoms. The number of nitrogens with zero attached hydrogens (tertiary/aromatic N) is 10. The number of nitrogens with one attached hydrogen (secondary N) is 2. The normalized spacial score (nSPS) is 22.8. The molecule has 8 rings (SSSR count). The smallest absolute Gasteiger partial charge is 0.288 e. The number of hydrogen-bond donors (Lipinski definition) is 2. The molecule has 4 aromatic rings. The van der Waals surface area contributed by atoms with E-state index in [1.54, 1.807) is 17.2 Å². The summed E-state index contributed by atoms with van der Waals surface area (Å²) in [5.74, 6) is -0.127. The molecule has 0 spiro atoms. The summed E-state index contributed by atoms with van der Waals surface area (Å²) in [6.45, 7) is 2.91. The van der Waals surface area contributed by atoms with Crippen LogP contribution in [-0.4, -0.2) is 117 Å². The Morgan fingerprint density at radius 3 is 2.56 bits per heavy atom. The number of allylic oxidation sites excluding steroid dienone is 1. The third-order valence-electron chi connectivity index (χ3n) is 12.0. The second-order valence-corrected chi connectivity index (χ2v) is 16.0. The molecule has 2 saturated heterocycles. The summed E-state index contributed by atoms with van der Waals surface area (Å²) in [7, 11) is 7.80. The van der Waals surface area contributed by atoms with Crippen molar-refractivity contribution in [1.82, 2.24) is 39.9 Å². The maximum Gasteiger partial charge on any atom is 0.288 e. The van der Waals surface area contributed by atoms with Gasteiger partial charge in [0.15, 0.2) is 11.9 Å². The number of rotatable bonds is 10. The van der Waals surface area contributed by atoms with E-state index in [4.69, 9.17) is 5.10 Å². The molecule has 1 saturated carbocycles. The first-order chi connectivity index (χ1) is 27.4. The molecule has 4 aliphatic rings.